The number of methoxy groups -OCH3 is 1. The fourth-order valence-corrected chi connectivity index (χ4v) is 4.60. The molecule has 2 bridgehead atoms. The molecule has 0 saturated heterocycles. The molecule has 2 N–H and O–H groups in total. The maximum atomic E-state index is 10.0. The third-order valence-electron chi connectivity index (χ3n) is 5.76. The van der Waals surface area contributed by atoms with Gasteiger partial charge in [-0.1, -0.05) is 30.3 Å². The predicted octanol–water partition coefficient (Wildman–Crippen LogP) is 3.53. The van der Waals surface area contributed by atoms with Crippen LogP contribution in [0.15, 0.2) is 36.4 Å². The van der Waals surface area contributed by atoms with Crippen LogP contribution in [-0.2, 0) is 13.0 Å². The number of aliphatic hydroxyl groups is 2. The van der Waals surface area contributed by atoms with Crippen molar-refractivity contribution in [2.45, 2.75) is 50.2 Å². The minimum absolute atomic E-state index is 0.260. The van der Waals surface area contributed by atoms with Crippen molar-refractivity contribution < 1.29 is 19.7 Å². The van der Waals surface area contributed by atoms with E-state index in [-0.39, 0.29) is 6.61 Å². The average molecular weight is 354 g/mol. The van der Waals surface area contributed by atoms with Gasteiger partial charge in [0, 0.05) is 23.1 Å². The van der Waals surface area contributed by atoms with Gasteiger partial charge in [0.25, 0.3) is 0 Å². The highest BCUT2D eigenvalue weighted by Gasteiger charge is 2.42. The highest BCUT2D eigenvalue weighted by atomic mass is 16.5. The van der Waals surface area contributed by atoms with Gasteiger partial charge in [-0.05, 0) is 42.7 Å². The van der Waals surface area contributed by atoms with Crippen LogP contribution >= 0.6 is 0 Å². The lowest BCUT2D eigenvalue weighted by molar-refractivity contribution is 0.0946. The minimum atomic E-state index is -0.796. The third kappa shape index (κ3) is 3.08. The van der Waals surface area contributed by atoms with Gasteiger partial charge < -0.3 is 19.7 Å². The molecule has 2 aromatic carbocycles. The molecule has 4 nitrogen and oxygen atoms in total. The summed E-state index contributed by atoms with van der Waals surface area (Å²) < 4.78 is 12.0. The van der Waals surface area contributed by atoms with Crippen molar-refractivity contribution >= 4 is 0 Å². The summed E-state index contributed by atoms with van der Waals surface area (Å²) in [6.07, 6.45) is 3.13. The summed E-state index contributed by atoms with van der Waals surface area (Å²) in [6, 6.07) is 12.1. The van der Waals surface area contributed by atoms with Crippen molar-refractivity contribution in [3.63, 3.8) is 0 Å². The van der Waals surface area contributed by atoms with Crippen molar-refractivity contribution in [2.24, 2.45) is 0 Å². The van der Waals surface area contributed by atoms with E-state index in [0.717, 1.165) is 22.6 Å². The molecule has 2 aromatic rings. The minimum Gasteiger partial charge on any atom is -0.496 e. The molecule has 0 spiro atoms. The molecule has 1 fully saturated rings. The van der Waals surface area contributed by atoms with Crippen molar-refractivity contribution in [1.29, 1.82) is 0 Å². The van der Waals surface area contributed by atoms with Crippen LogP contribution in [0.5, 0.6) is 11.5 Å². The lowest BCUT2D eigenvalue weighted by Crippen LogP contribution is -2.17. The predicted molar refractivity (Wildman–Crippen MR) is 99.9 cm³/mol. The first-order valence-corrected chi connectivity index (χ1v) is 9.40. The van der Waals surface area contributed by atoms with E-state index in [1.807, 2.05) is 24.3 Å². The Balaban J connectivity index is 1.74. The molecule has 138 valence electrons. The average Bonchev–Trinajstić information content (AvgIpc) is 3.29. The van der Waals surface area contributed by atoms with Crippen LogP contribution in [0, 0.1) is 0 Å². The second kappa shape index (κ2) is 7.29. The highest BCUT2D eigenvalue weighted by molar-refractivity contribution is 5.60. The topological polar surface area (TPSA) is 58.9 Å². The summed E-state index contributed by atoms with van der Waals surface area (Å²) in [5.41, 5.74) is 4.62. The molecule has 0 amide bonds. The number of benzene rings is 2. The van der Waals surface area contributed by atoms with Crippen LogP contribution in [-0.4, -0.2) is 30.0 Å². The van der Waals surface area contributed by atoms with E-state index in [1.54, 1.807) is 7.11 Å². The van der Waals surface area contributed by atoms with Crippen molar-refractivity contribution in [1.82, 2.24) is 0 Å². The Kier molecular flexibility index (Phi) is 4.88. The van der Waals surface area contributed by atoms with E-state index in [2.05, 4.69) is 12.1 Å². The number of rotatable bonds is 7. The molecular formula is C22H26O4. The molecule has 3 unspecified atom stereocenters. The van der Waals surface area contributed by atoms with Gasteiger partial charge in [-0.25, -0.2) is 0 Å². The summed E-state index contributed by atoms with van der Waals surface area (Å²) in [5, 5.41) is 19.3. The Morgan fingerprint density at radius 2 is 1.85 bits per heavy atom. The van der Waals surface area contributed by atoms with Gasteiger partial charge in [-0.3, -0.25) is 0 Å². The van der Waals surface area contributed by atoms with E-state index in [9.17, 15) is 10.2 Å². The zero-order chi connectivity index (χ0) is 18.1. The summed E-state index contributed by atoms with van der Waals surface area (Å²) in [7, 11) is 1.71. The summed E-state index contributed by atoms with van der Waals surface area (Å²) in [6.45, 7) is 0.239. The Morgan fingerprint density at radius 1 is 1.12 bits per heavy atom. The van der Waals surface area contributed by atoms with Gasteiger partial charge in [0.05, 0.1) is 19.8 Å². The van der Waals surface area contributed by atoms with Gasteiger partial charge >= 0.3 is 0 Å². The molecule has 0 radical (unpaired) electrons. The van der Waals surface area contributed by atoms with Crippen molar-refractivity contribution in [3.05, 3.63) is 58.7 Å². The summed E-state index contributed by atoms with van der Waals surface area (Å²) in [4.78, 5) is 0. The van der Waals surface area contributed by atoms with E-state index in [1.165, 1.54) is 30.4 Å². The molecule has 0 aromatic heterocycles. The van der Waals surface area contributed by atoms with Crippen LogP contribution in [0.25, 0.3) is 0 Å². The van der Waals surface area contributed by atoms with Gasteiger partial charge in [0.1, 0.15) is 18.1 Å². The Morgan fingerprint density at radius 3 is 2.54 bits per heavy atom. The zero-order valence-electron chi connectivity index (χ0n) is 15.1. The molecule has 4 heteroatoms. The molecule has 2 aliphatic rings. The standard InChI is InChI=1S/C22H26O4/c1-25-19-11-17(10-18(24)12-23)22(26-13-14-5-3-2-4-6-14)21-16-8-7-15(9-16)20(19)21/h2-6,11,15-16,18,23-24H,7-10,12-13H2,1H3. The fraction of sp³-hybridized carbons (Fsp3) is 0.455. The summed E-state index contributed by atoms with van der Waals surface area (Å²) >= 11 is 0. The van der Waals surface area contributed by atoms with Gasteiger partial charge in [-0.15, -0.1) is 0 Å². The number of ether oxygens (including phenoxy) is 2. The van der Waals surface area contributed by atoms with Gasteiger partial charge in [-0.2, -0.15) is 0 Å². The van der Waals surface area contributed by atoms with Crippen LogP contribution in [0.2, 0.25) is 0 Å². The second-order valence-corrected chi connectivity index (χ2v) is 7.42. The molecular weight excluding hydrogens is 328 g/mol. The monoisotopic (exact) mass is 354 g/mol. The lowest BCUT2D eigenvalue weighted by Gasteiger charge is -2.25. The largest absolute Gasteiger partial charge is 0.496 e. The van der Waals surface area contributed by atoms with Gasteiger partial charge in [0.15, 0.2) is 0 Å². The van der Waals surface area contributed by atoms with Crippen LogP contribution in [0.4, 0.5) is 0 Å². The van der Waals surface area contributed by atoms with Crippen LogP contribution in [0.3, 0.4) is 0 Å². The van der Waals surface area contributed by atoms with Gasteiger partial charge in [0.2, 0.25) is 0 Å². The number of hydrogen-bond donors (Lipinski definition) is 2. The fourth-order valence-electron chi connectivity index (χ4n) is 4.60. The van der Waals surface area contributed by atoms with Crippen LogP contribution in [0.1, 0.15) is 53.4 Å². The van der Waals surface area contributed by atoms with E-state index < -0.39 is 6.10 Å². The number of aliphatic hydroxyl groups excluding tert-OH is 2. The smallest absolute Gasteiger partial charge is 0.127 e. The van der Waals surface area contributed by atoms with E-state index in [4.69, 9.17) is 9.47 Å². The first-order chi connectivity index (χ1) is 12.7. The quantitative estimate of drug-likeness (QED) is 0.798. The highest BCUT2D eigenvalue weighted by Crippen LogP contribution is 2.59. The van der Waals surface area contributed by atoms with Crippen molar-refractivity contribution in [2.75, 3.05) is 13.7 Å². The SMILES string of the molecule is COc1cc(CC(O)CO)c(OCc2ccccc2)c2c1C1CCC2C1. The third-order valence-corrected chi connectivity index (χ3v) is 5.76. The molecule has 0 aliphatic heterocycles. The number of fused-ring (bicyclic) bond motifs is 5. The normalized spacial score (nSPS) is 21.5. The second-order valence-electron chi connectivity index (χ2n) is 7.42. The summed E-state index contributed by atoms with van der Waals surface area (Å²) in [5.74, 6) is 2.87. The maximum Gasteiger partial charge on any atom is 0.127 e. The van der Waals surface area contributed by atoms with Crippen molar-refractivity contribution in [3.8, 4) is 11.5 Å². The Hall–Kier alpha value is -2.04. The molecule has 2 aliphatic carbocycles. The molecule has 4 rings (SSSR count). The first-order valence-electron chi connectivity index (χ1n) is 9.40. The first kappa shape index (κ1) is 17.4. The molecule has 26 heavy (non-hydrogen) atoms. The molecule has 0 heterocycles. The van der Waals surface area contributed by atoms with E-state index >= 15 is 0 Å². The lowest BCUT2D eigenvalue weighted by atomic mass is 9.87. The molecule has 3 atom stereocenters. The Labute approximate surface area is 154 Å². The maximum absolute atomic E-state index is 10.0. The number of hydrogen-bond acceptors (Lipinski definition) is 4. The van der Waals surface area contributed by atoms with E-state index in [0.29, 0.717) is 24.9 Å². The van der Waals surface area contributed by atoms with Crippen LogP contribution < -0.4 is 9.47 Å². The zero-order valence-corrected chi connectivity index (χ0v) is 15.1. The Bertz CT molecular complexity index is 771. The molecule has 1 saturated carbocycles.